The number of aryl methyl sites for hydroxylation is 3. The molecule has 28 heavy (non-hydrogen) atoms. The van der Waals surface area contributed by atoms with Gasteiger partial charge in [-0.25, -0.2) is 8.42 Å². The molecule has 1 saturated carbocycles. The van der Waals surface area contributed by atoms with Gasteiger partial charge in [-0.1, -0.05) is 17.7 Å². The number of anilines is 1. The van der Waals surface area contributed by atoms with E-state index in [2.05, 4.69) is 5.32 Å². The lowest BCUT2D eigenvalue weighted by Gasteiger charge is -2.26. The SMILES string of the molecule is COc1ccc(N(CC(=O)NC2CC2)S(=O)(=O)c2c(C)cc(C)cc2C)cc1. The molecule has 0 atom stereocenters. The minimum Gasteiger partial charge on any atom is -0.497 e. The number of hydrogen-bond acceptors (Lipinski definition) is 4. The fourth-order valence-electron chi connectivity index (χ4n) is 3.38. The van der Waals surface area contributed by atoms with Crippen LogP contribution in [0.25, 0.3) is 0 Å². The number of nitrogens with zero attached hydrogens (tertiary/aromatic N) is 1. The van der Waals surface area contributed by atoms with Crippen LogP contribution in [0.3, 0.4) is 0 Å². The number of ether oxygens (including phenoxy) is 1. The Kier molecular flexibility index (Phi) is 5.65. The Balaban J connectivity index is 2.04. The van der Waals surface area contributed by atoms with Crippen molar-refractivity contribution in [2.75, 3.05) is 18.0 Å². The van der Waals surface area contributed by atoms with Crippen molar-refractivity contribution < 1.29 is 17.9 Å². The monoisotopic (exact) mass is 402 g/mol. The Hall–Kier alpha value is -2.54. The minimum atomic E-state index is -3.93. The smallest absolute Gasteiger partial charge is 0.265 e. The van der Waals surface area contributed by atoms with Crippen LogP contribution in [0.1, 0.15) is 29.5 Å². The van der Waals surface area contributed by atoms with Gasteiger partial charge >= 0.3 is 0 Å². The first kappa shape index (κ1) is 20.2. The van der Waals surface area contributed by atoms with Gasteiger partial charge in [0.2, 0.25) is 5.91 Å². The molecule has 0 spiro atoms. The molecule has 150 valence electrons. The fourth-order valence-corrected chi connectivity index (χ4v) is 5.22. The summed E-state index contributed by atoms with van der Waals surface area (Å²) in [5, 5.41) is 2.87. The van der Waals surface area contributed by atoms with Crippen LogP contribution in [-0.4, -0.2) is 34.0 Å². The summed E-state index contributed by atoms with van der Waals surface area (Å²) in [6.07, 6.45) is 1.88. The first-order valence-electron chi connectivity index (χ1n) is 9.26. The van der Waals surface area contributed by atoms with Gasteiger partial charge in [-0.2, -0.15) is 0 Å². The molecular weight excluding hydrogens is 376 g/mol. The maximum absolute atomic E-state index is 13.6. The topological polar surface area (TPSA) is 75.7 Å². The van der Waals surface area contributed by atoms with Crippen molar-refractivity contribution in [1.82, 2.24) is 5.32 Å². The summed E-state index contributed by atoms with van der Waals surface area (Å²) in [7, 11) is -2.38. The van der Waals surface area contributed by atoms with Crippen molar-refractivity contribution in [1.29, 1.82) is 0 Å². The van der Waals surface area contributed by atoms with Crippen molar-refractivity contribution in [2.45, 2.75) is 44.6 Å². The number of methoxy groups -OCH3 is 1. The van der Waals surface area contributed by atoms with E-state index in [0.717, 1.165) is 18.4 Å². The molecular formula is C21H26N2O4S. The van der Waals surface area contributed by atoms with Crippen LogP contribution in [0.4, 0.5) is 5.69 Å². The lowest BCUT2D eigenvalue weighted by atomic mass is 10.1. The van der Waals surface area contributed by atoms with Crippen molar-refractivity contribution in [3.63, 3.8) is 0 Å². The quantitative estimate of drug-likeness (QED) is 0.772. The molecule has 1 N–H and O–H groups in total. The highest BCUT2D eigenvalue weighted by Crippen LogP contribution is 2.30. The Morgan fingerprint density at radius 3 is 2.18 bits per heavy atom. The summed E-state index contributed by atoms with van der Waals surface area (Å²) in [6.45, 7) is 5.23. The Labute approximate surface area is 166 Å². The highest BCUT2D eigenvalue weighted by molar-refractivity contribution is 7.93. The van der Waals surface area contributed by atoms with E-state index in [1.807, 2.05) is 19.1 Å². The Bertz CT molecular complexity index is 957. The Morgan fingerprint density at radius 2 is 1.68 bits per heavy atom. The maximum atomic E-state index is 13.6. The van der Waals surface area contributed by atoms with Crippen LogP contribution >= 0.6 is 0 Å². The highest BCUT2D eigenvalue weighted by atomic mass is 32.2. The minimum absolute atomic E-state index is 0.163. The van der Waals surface area contributed by atoms with E-state index < -0.39 is 10.0 Å². The molecule has 3 rings (SSSR count). The van der Waals surface area contributed by atoms with E-state index in [4.69, 9.17) is 4.74 Å². The first-order chi connectivity index (χ1) is 13.2. The summed E-state index contributed by atoms with van der Waals surface area (Å²) in [4.78, 5) is 12.7. The largest absolute Gasteiger partial charge is 0.497 e. The van der Waals surface area contributed by atoms with Crippen molar-refractivity contribution >= 4 is 21.6 Å². The van der Waals surface area contributed by atoms with Crippen LogP contribution in [0.15, 0.2) is 41.3 Å². The summed E-state index contributed by atoms with van der Waals surface area (Å²) in [5.74, 6) is 0.315. The number of sulfonamides is 1. The van der Waals surface area contributed by atoms with Gasteiger partial charge in [0.1, 0.15) is 12.3 Å². The van der Waals surface area contributed by atoms with Crippen molar-refractivity contribution in [3.05, 3.63) is 53.1 Å². The molecule has 2 aromatic rings. The summed E-state index contributed by atoms with van der Waals surface area (Å²) < 4.78 is 33.5. The summed E-state index contributed by atoms with van der Waals surface area (Å²) >= 11 is 0. The number of carbonyl (C=O) groups excluding carboxylic acids is 1. The molecule has 0 radical (unpaired) electrons. The highest BCUT2D eigenvalue weighted by Gasteiger charge is 2.32. The zero-order valence-electron chi connectivity index (χ0n) is 16.7. The molecule has 1 aliphatic carbocycles. The third-order valence-corrected chi connectivity index (χ3v) is 6.82. The normalized spacial score (nSPS) is 13.9. The zero-order valence-corrected chi connectivity index (χ0v) is 17.5. The molecule has 0 bridgehead atoms. The average molecular weight is 403 g/mol. The fraction of sp³-hybridized carbons (Fsp3) is 0.381. The molecule has 0 saturated heterocycles. The lowest BCUT2D eigenvalue weighted by molar-refractivity contribution is -0.119. The van der Waals surface area contributed by atoms with Crippen LogP contribution in [-0.2, 0) is 14.8 Å². The third-order valence-electron chi connectivity index (χ3n) is 4.74. The van der Waals surface area contributed by atoms with E-state index in [1.54, 1.807) is 45.2 Å². The molecule has 0 aliphatic heterocycles. The number of amides is 1. The number of carbonyl (C=O) groups is 1. The molecule has 1 amide bonds. The predicted octanol–water partition coefficient (Wildman–Crippen LogP) is 3.09. The molecule has 2 aromatic carbocycles. The van der Waals surface area contributed by atoms with Crippen LogP contribution < -0.4 is 14.4 Å². The van der Waals surface area contributed by atoms with Gasteiger partial charge < -0.3 is 10.1 Å². The standard InChI is InChI=1S/C21H26N2O4S/c1-14-11-15(2)21(16(3)12-14)28(25,26)23(13-20(24)22-17-5-6-17)18-7-9-19(27-4)10-8-18/h7-12,17H,5-6,13H2,1-4H3,(H,22,24). The van der Waals surface area contributed by atoms with Crippen molar-refractivity contribution in [3.8, 4) is 5.75 Å². The van der Waals surface area contributed by atoms with Gasteiger partial charge in [-0.15, -0.1) is 0 Å². The molecule has 0 heterocycles. The molecule has 1 fully saturated rings. The van der Waals surface area contributed by atoms with Crippen LogP contribution in [0, 0.1) is 20.8 Å². The van der Waals surface area contributed by atoms with Gasteiger partial charge in [0, 0.05) is 6.04 Å². The number of hydrogen-bond donors (Lipinski definition) is 1. The van der Waals surface area contributed by atoms with E-state index in [9.17, 15) is 13.2 Å². The van der Waals surface area contributed by atoms with Gasteiger partial charge in [0.15, 0.2) is 0 Å². The Morgan fingerprint density at radius 1 is 1.11 bits per heavy atom. The third kappa shape index (κ3) is 4.30. The second-order valence-corrected chi connectivity index (χ2v) is 9.08. The number of benzene rings is 2. The summed E-state index contributed by atoms with van der Waals surface area (Å²) in [6, 6.07) is 10.5. The van der Waals surface area contributed by atoms with E-state index in [1.165, 1.54) is 4.31 Å². The van der Waals surface area contributed by atoms with Crippen LogP contribution in [0.2, 0.25) is 0 Å². The molecule has 7 heteroatoms. The average Bonchev–Trinajstić information content (AvgIpc) is 3.42. The van der Waals surface area contributed by atoms with Gasteiger partial charge in [0.05, 0.1) is 17.7 Å². The van der Waals surface area contributed by atoms with E-state index in [0.29, 0.717) is 22.6 Å². The zero-order chi connectivity index (χ0) is 20.5. The van der Waals surface area contributed by atoms with Gasteiger partial charge in [0.25, 0.3) is 10.0 Å². The summed E-state index contributed by atoms with van der Waals surface area (Å²) in [5.41, 5.74) is 2.75. The lowest BCUT2D eigenvalue weighted by Crippen LogP contribution is -2.42. The number of rotatable bonds is 7. The van der Waals surface area contributed by atoms with E-state index in [-0.39, 0.29) is 23.4 Å². The predicted molar refractivity (Wildman–Crippen MR) is 109 cm³/mol. The van der Waals surface area contributed by atoms with Gasteiger partial charge in [-0.05, 0) is 69.0 Å². The van der Waals surface area contributed by atoms with Crippen LogP contribution in [0.5, 0.6) is 5.75 Å². The van der Waals surface area contributed by atoms with Gasteiger partial charge in [-0.3, -0.25) is 9.10 Å². The molecule has 0 unspecified atom stereocenters. The first-order valence-corrected chi connectivity index (χ1v) is 10.7. The second-order valence-electron chi connectivity index (χ2n) is 7.28. The van der Waals surface area contributed by atoms with E-state index >= 15 is 0 Å². The maximum Gasteiger partial charge on any atom is 0.265 e. The van der Waals surface area contributed by atoms with Crippen molar-refractivity contribution in [2.24, 2.45) is 0 Å². The second kappa shape index (κ2) is 7.83. The molecule has 0 aromatic heterocycles. The number of nitrogens with one attached hydrogen (secondary N) is 1. The molecule has 1 aliphatic rings. The molecule has 6 nitrogen and oxygen atoms in total.